The van der Waals surface area contributed by atoms with Crippen molar-refractivity contribution in [3.05, 3.63) is 47.9 Å². The standard InChI is InChI=1S/C19H17F3N2O5S/c1-18(2)16(26)24(11-4-7-13(8-5-11)30-19(20,21)22)17(27)23(18)10-12-6-9-14(29-12)15(25)28-3/h4-9H,10H2,1-3H3. The van der Waals surface area contributed by atoms with Crippen LogP contribution in [0.25, 0.3) is 0 Å². The van der Waals surface area contributed by atoms with Crippen LogP contribution in [0.3, 0.4) is 0 Å². The molecule has 1 aromatic carbocycles. The van der Waals surface area contributed by atoms with E-state index in [0.717, 1.165) is 4.90 Å². The van der Waals surface area contributed by atoms with E-state index >= 15 is 0 Å². The van der Waals surface area contributed by atoms with Crippen molar-refractivity contribution in [2.45, 2.75) is 36.3 Å². The fourth-order valence-electron chi connectivity index (χ4n) is 2.95. The lowest BCUT2D eigenvalue weighted by Crippen LogP contribution is -2.43. The van der Waals surface area contributed by atoms with Crippen molar-refractivity contribution in [1.29, 1.82) is 0 Å². The Morgan fingerprint density at radius 2 is 1.77 bits per heavy atom. The average molecular weight is 442 g/mol. The maximum Gasteiger partial charge on any atom is 0.446 e. The van der Waals surface area contributed by atoms with E-state index in [-0.39, 0.29) is 40.4 Å². The van der Waals surface area contributed by atoms with Crippen LogP contribution in [0.4, 0.5) is 23.7 Å². The Morgan fingerprint density at radius 1 is 1.13 bits per heavy atom. The molecule has 1 aromatic heterocycles. The summed E-state index contributed by atoms with van der Waals surface area (Å²) in [7, 11) is 1.20. The van der Waals surface area contributed by atoms with Crippen LogP contribution < -0.4 is 4.90 Å². The SMILES string of the molecule is COC(=O)c1ccc(CN2C(=O)N(c3ccc(SC(F)(F)F)cc3)C(=O)C2(C)C)o1. The number of halogens is 3. The molecule has 1 saturated heterocycles. The van der Waals surface area contributed by atoms with Gasteiger partial charge in [0.15, 0.2) is 0 Å². The van der Waals surface area contributed by atoms with Gasteiger partial charge in [0.25, 0.3) is 5.91 Å². The number of esters is 1. The molecule has 2 heterocycles. The summed E-state index contributed by atoms with van der Waals surface area (Å²) in [5.41, 5.74) is -5.53. The number of amides is 3. The maximum atomic E-state index is 13.0. The second-order valence-electron chi connectivity index (χ2n) is 6.87. The summed E-state index contributed by atoms with van der Waals surface area (Å²) in [6.45, 7) is 3.00. The number of hydrogen-bond acceptors (Lipinski definition) is 6. The predicted octanol–water partition coefficient (Wildman–Crippen LogP) is 4.43. The number of methoxy groups -OCH3 is 1. The predicted molar refractivity (Wildman–Crippen MR) is 101 cm³/mol. The average Bonchev–Trinajstić information content (AvgIpc) is 3.19. The van der Waals surface area contributed by atoms with Gasteiger partial charge in [-0.25, -0.2) is 14.5 Å². The Balaban J connectivity index is 1.83. The number of rotatable bonds is 5. The number of ether oxygens (including phenoxy) is 1. The van der Waals surface area contributed by atoms with Crippen molar-refractivity contribution < 1.29 is 36.7 Å². The van der Waals surface area contributed by atoms with Crippen molar-refractivity contribution in [1.82, 2.24) is 4.90 Å². The molecule has 7 nitrogen and oxygen atoms in total. The molecule has 0 bridgehead atoms. The molecular formula is C19H17F3N2O5S. The van der Waals surface area contributed by atoms with E-state index in [2.05, 4.69) is 4.74 Å². The Labute approximate surface area is 173 Å². The first-order valence-corrected chi connectivity index (χ1v) is 9.44. The molecule has 1 aliphatic rings. The number of anilines is 1. The van der Waals surface area contributed by atoms with E-state index in [4.69, 9.17) is 4.42 Å². The molecule has 0 aliphatic carbocycles. The monoisotopic (exact) mass is 442 g/mol. The zero-order valence-corrected chi connectivity index (χ0v) is 17.0. The second-order valence-corrected chi connectivity index (χ2v) is 8.01. The molecule has 30 heavy (non-hydrogen) atoms. The molecule has 1 aliphatic heterocycles. The van der Waals surface area contributed by atoms with Gasteiger partial charge in [-0.2, -0.15) is 13.2 Å². The van der Waals surface area contributed by atoms with E-state index in [9.17, 15) is 27.6 Å². The van der Waals surface area contributed by atoms with Crippen LogP contribution >= 0.6 is 11.8 Å². The van der Waals surface area contributed by atoms with Gasteiger partial charge < -0.3 is 14.1 Å². The lowest BCUT2D eigenvalue weighted by Gasteiger charge is -2.26. The fourth-order valence-corrected chi connectivity index (χ4v) is 3.49. The van der Waals surface area contributed by atoms with Gasteiger partial charge in [-0.1, -0.05) is 0 Å². The topological polar surface area (TPSA) is 80.1 Å². The lowest BCUT2D eigenvalue weighted by molar-refractivity contribution is -0.123. The number of benzene rings is 1. The molecular weight excluding hydrogens is 425 g/mol. The lowest BCUT2D eigenvalue weighted by atomic mass is 10.0. The maximum absolute atomic E-state index is 13.0. The van der Waals surface area contributed by atoms with Crippen LogP contribution in [-0.2, 0) is 16.1 Å². The molecule has 2 aromatic rings. The Hall–Kier alpha value is -2.95. The Morgan fingerprint density at radius 3 is 2.33 bits per heavy atom. The van der Waals surface area contributed by atoms with Gasteiger partial charge >= 0.3 is 17.5 Å². The van der Waals surface area contributed by atoms with Gasteiger partial charge in [-0.3, -0.25) is 4.79 Å². The van der Waals surface area contributed by atoms with Gasteiger partial charge in [0.1, 0.15) is 11.3 Å². The smallest absolute Gasteiger partial charge is 0.446 e. The minimum absolute atomic E-state index is 0.0436. The quantitative estimate of drug-likeness (QED) is 0.387. The number of carbonyl (C=O) groups is 3. The minimum atomic E-state index is -4.44. The summed E-state index contributed by atoms with van der Waals surface area (Å²) >= 11 is -0.287. The van der Waals surface area contributed by atoms with Gasteiger partial charge in [0.05, 0.1) is 19.3 Å². The van der Waals surface area contributed by atoms with Crippen molar-refractivity contribution >= 4 is 35.4 Å². The third kappa shape index (κ3) is 4.16. The molecule has 11 heteroatoms. The number of furan rings is 1. The number of urea groups is 1. The molecule has 160 valence electrons. The highest BCUT2D eigenvalue weighted by atomic mass is 32.2. The third-order valence-electron chi connectivity index (χ3n) is 4.51. The molecule has 3 amide bonds. The van der Waals surface area contributed by atoms with Crippen molar-refractivity contribution in [2.75, 3.05) is 12.0 Å². The van der Waals surface area contributed by atoms with Crippen LogP contribution in [0.5, 0.6) is 0 Å². The molecule has 0 saturated carbocycles. The summed E-state index contributed by atoms with van der Waals surface area (Å²) in [6, 6.07) is 7.18. The Kier molecular flexibility index (Phi) is 5.59. The highest BCUT2D eigenvalue weighted by Gasteiger charge is 2.52. The first-order valence-electron chi connectivity index (χ1n) is 8.63. The second kappa shape index (κ2) is 7.71. The summed E-state index contributed by atoms with van der Waals surface area (Å²) < 4.78 is 47.4. The summed E-state index contributed by atoms with van der Waals surface area (Å²) in [4.78, 5) is 39.5. The van der Waals surface area contributed by atoms with Gasteiger partial charge in [0, 0.05) is 4.90 Å². The highest BCUT2D eigenvalue weighted by molar-refractivity contribution is 8.00. The number of hydrogen-bond donors (Lipinski definition) is 0. The van der Waals surface area contributed by atoms with Crippen molar-refractivity contribution in [3.63, 3.8) is 0 Å². The molecule has 0 radical (unpaired) electrons. The first kappa shape index (κ1) is 21.8. The number of nitrogens with zero attached hydrogens (tertiary/aromatic N) is 2. The largest absolute Gasteiger partial charge is 0.463 e. The van der Waals surface area contributed by atoms with Crippen molar-refractivity contribution in [2.24, 2.45) is 0 Å². The summed E-state index contributed by atoms with van der Waals surface area (Å²) in [5, 5.41) is 0. The number of alkyl halides is 3. The van der Waals surface area contributed by atoms with E-state index in [1.54, 1.807) is 13.8 Å². The normalized spacial score (nSPS) is 16.3. The molecule has 0 atom stereocenters. The summed E-state index contributed by atoms with van der Waals surface area (Å²) in [6.07, 6.45) is 0. The van der Waals surface area contributed by atoms with Crippen LogP contribution in [-0.4, -0.2) is 41.0 Å². The van der Waals surface area contributed by atoms with Gasteiger partial charge in [-0.15, -0.1) is 0 Å². The van der Waals surface area contributed by atoms with E-state index in [1.807, 2.05) is 0 Å². The molecule has 0 spiro atoms. The third-order valence-corrected chi connectivity index (χ3v) is 5.25. The number of carbonyl (C=O) groups excluding carboxylic acids is 3. The zero-order chi connectivity index (χ0) is 22.3. The summed E-state index contributed by atoms with van der Waals surface area (Å²) in [5.74, 6) is -0.993. The highest BCUT2D eigenvalue weighted by Crippen LogP contribution is 2.39. The van der Waals surface area contributed by atoms with E-state index in [1.165, 1.54) is 48.4 Å². The molecule has 0 unspecified atom stereocenters. The number of thioether (sulfide) groups is 1. The van der Waals surface area contributed by atoms with E-state index < -0.39 is 29.0 Å². The number of imide groups is 1. The van der Waals surface area contributed by atoms with Crippen LogP contribution in [0.1, 0.15) is 30.2 Å². The molecule has 3 rings (SSSR count). The zero-order valence-electron chi connectivity index (χ0n) is 16.1. The van der Waals surface area contributed by atoms with Crippen LogP contribution in [0.15, 0.2) is 45.7 Å². The van der Waals surface area contributed by atoms with Gasteiger partial charge in [0.2, 0.25) is 5.76 Å². The fraction of sp³-hybridized carbons (Fsp3) is 0.316. The Bertz CT molecular complexity index is 985. The van der Waals surface area contributed by atoms with Gasteiger partial charge in [-0.05, 0) is 62.0 Å². The molecule has 1 fully saturated rings. The van der Waals surface area contributed by atoms with Crippen LogP contribution in [0, 0.1) is 0 Å². The first-order chi connectivity index (χ1) is 13.9. The van der Waals surface area contributed by atoms with Crippen molar-refractivity contribution in [3.8, 4) is 0 Å². The minimum Gasteiger partial charge on any atom is -0.463 e. The molecule has 0 N–H and O–H groups in total. The van der Waals surface area contributed by atoms with E-state index in [0.29, 0.717) is 0 Å². The van der Waals surface area contributed by atoms with Crippen LogP contribution in [0.2, 0.25) is 0 Å².